The fraction of sp³-hybridized carbons (Fsp3) is 0.0714. The lowest BCUT2D eigenvalue weighted by atomic mass is 9.95. The molecule has 0 radical (unpaired) electrons. The van der Waals surface area contributed by atoms with E-state index >= 15 is 0 Å². The van der Waals surface area contributed by atoms with Crippen molar-refractivity contribution in [3.63, 3.8) is 0 Å². The van der Waals surface area contributed by atoms with E-state index in [0.717, 1.165) is 36.8 Å². The van der Waals surface area contributed by atoms with E-state index in [0.29, 0.717) is 5.75 Å². The Hall–Kier alpha value is -2.46. The normalized spacial score (nSPS) is 11.5. The summed E-state index contributed by atoms with van der Waals surface area (Å²) in [6.45, 7) is 1.92. The van der Waals surface area contributed by atoms with Gasteiger partial charge >= 0.3 is 0 Å². The molecule has 4 aromatic rings. The molecule has 1 nitrogen and oxygen atoms in total. The van der Waals surface area contributed by atoms with E-state index in [1.165, 1.54) is 16.7 Å². The van der Waals surface area contributed by atoms with E-state index in [-0.39, 0.29) is 0 Å². The Morgan fingerprint density at radius 1 is 0.875 bits per heavy atom. The summed E-state index contributed by atoms with van der Waals surface area (Å²) in [4.78, 5) is 1.14. The summed E-state index contributed by atoms with van der Waals surface area (Å²) in [5.41, 5.74) is 6.67. The summed E-state index contributed by atoms with van der Waals surface area (Å²) in [5, 5.41) is 10.5. The Morgan fingerprint density at radius 3 is 2.22 bits per heavy atom. The third-order valence-electron chi connectivity index (χ3n) is 5.21. The molecular weight excluding hydrogens is 500 g/mol. The zero-order valence-electron chi connectivity index (χ0n) is 17.6. The van der Waals surface area contributed by atoms with E-state index < -0.39 is 0 Å². The first-order valence-corrected chi connectivity index (χ1v) is 12.4. The van der Waals surface area contributed by atoms with E-state index in [1.54, 1.807) is 17.8 Å². The Balaban J connectivity index is 1.62. The number of hydrogen-bond acceptors (Lipinski definition) is 2. The van der Waals surface area contributed by atoms with Gasteiger partial charge in [-0.05, 0) is 82.8 Å². The second-order valence-electron chi connectivity index (χ2n) is 7.47. The van der Waals surface area contributed by atoms with Crippen molar-refractivity contribution in [1.82, 2.24) is 0 Å². The SMILES string of the molecule is Cc1cc(SC/C=C(\c2ccc(Br)cc2)c2ccc(-c3cccc(Cl)c3)cc2)ccc1O. The molecule has 0 amide bonds. The van der Waals surface area contributed by atoms with Gasteiger partial charge < -0.3 is 5.11 Å². The second kappa shape index (κ2) is 10.4. The van der Waals surface area contributed by atoms with Gasteiger partial charge in [-0.3, -0.25) is 0 Å². The van der Waals surface area contributed by atoms with Gasteiger partial charge in [0.2, 0.25) is 0 Å². The topological polar surface area (TPSA) is 20.2 Å². The molecule has 32 heavy (non-hydrogen) atoms. The molecule has 1 N–H and O–H groups in total. The van der Waals surface area contributed by atoms with Crippen molar-refractivity contribution in [2.45, 2.75) is 11.8 Å². The highest BCUT2D eigenvalue weighted by atomic mass is 79.9. The molecule has 0 saturated carbocycles. The molecule has 0 bridgehead atoms. The van der Waals surface area contributed by atoms with Gasteiger partial charge in [0.05, 0.1) is 0 Å². The first-order chi connectivity index (χ1) is 15.5. The average molecular weight is 522 g/mol. The number of benzene rings is 4. The Labute approximate surface area is 206 Å². The van der Waals surface area contributed by atoms with Crippen LogP contribution in [0.2, 0.25) is 5.02 Å². The highest BCUT2D eigenvalue weighted by Gasteiger charge is 2.07. The van der Waals surface area contributed by atoms with Crippen LogP contribution in [0.3, 0.4) is 0 Å². The minimum Gasteiger partial charge on any atom is -0.508 e. The largest absolute Gasteiger partial charge is 0.508 e. The molecule has 0 aliphatic carbocycles. The number of rotatable bonds is 6. The molecule has 4 rings (SSSR count). The van der Waals surface area contributed by atoms with Crippen molar-refractivity contribution < 1.29 is 5.11 Å². The number of aromatic hydroxyl groups is 1. The van der Waals surface area contributed by atoms with E-state index in [1.807, 2.05) is 37.3 Å². The maximum absolute atomic E-state index is 9.76. The molecule has 0 heterocycles. The number of aryl methyl sites for hydroxylation is 1. The van der Waals surface area contributed by atoms with Crippen molar-refractivity contribution in [1.29, 1.82) is 0 Å². The Kier molecular flexibility index (Phi) is 7.41. The third kappa shape index (κ3) is 5.66. The predicted octanol–water partition coefficient (Wildman–Crippen LogP) is 9.01. The lowest BCUT2D eigenvalue weighted by molar-refractivity contribution is 0.470. The minimum absolute atomic E-state index is 0.334. The van der Waals surface area contributed by atoms with Crippen molar-refractivity contribution >= 4 is 44.9 Å². The fourth-order valence-corrected chi connectivity index (χ4v) is 4.80. The number of thioether (sulfide) groups is 1. The van der Waals surface area contributed by atoms with Crippen molar-refractivity contribution in [3.8, 4) is 16.9 Å². The van der Waals surface area contributed by atoms with Crippen LogP contribution in [-0.4, -0.2) is 10.9 Å². The molecule has 0 aromatic heterocycles. The number of phenolic OH excluding ortho intramolecular Hbond substituents is 1. The van der Waals surface area contributed by atoms with Gasteiger partial charge in [0.15, 0.2) is 0 Å². The van der Waals surface area contributed by atoms with E-state index in [4.69, 9.17) is 11.6 Å². The summed E-state index contributed by atoms with van der Waals surface area (Å²) in [6.07, 6.45) is 2.27. The molecule has 0 aliphatic heterocycles. The molecule has 0 atom stereocenters. The van der Waals surface area contributed by atoms with Crippen LogP contribution in [0.5, 0.6) is 5.75 Å². The monoisotopic (exact) mass is 520 g/mol. The van der Waals surface area contributed by atoms with Crippen LogP contribution < -0.4 is 0 Å². The van der Waals surface area contributed by atoms with Crippen LogP contribution in [0, 0.1) is 6.92 Å². The van der Waals surface area contributed by atoms with Gasteiger partial charge in [-0.15, -0.1) is 11.8 Å². The lowest BCUT2D eigenvalue weighted by Crippen LogP contribution is -1.90. The maximum Gasteiger partial charge on any atom is 0.118 e. The standard InChI is InChI=1S/C28H22BrClOS/c1-19-17-26(13-14-28(19)31)32-16-15-27(22-9-11-24(29)12-10-22)21-7-5-20(6-8-21)23-3-2-4-25(30)18-23/h2-15,17-18,31H,16H2,1H3/b27-15-. The number of phenols is 1. The van der Waals surface area contributed by atoms with Crippen molar-refractivity contribution in [2.24, 2.45) is 0 Å². The third-order valence-corrected chi connectivity index (χ3v) is 6.90. The summed E-state index contributed by atoms with van der Waals surface area (Å²) in [7, 11) is 0. The summed E-state index contributed by atoms with van der Waals surface area (Å²) < 4.78 is 1.06. The summed E-state index contributed by atoms with van der Waals surface area (Å²) >= 11 is 11.5. The molecule has 0 spiro atoms. The minimum atomic E-state index is 0.334. The van der Waals surface area contributed by atoms with Crippen molar-refractivity contribution in [3.05, 3.63) is 123 Å². The molecule has 0 unspecified atom stereocenters. The van der Waals surface area contributed by atoms with E-state index in [2.05, 4.69) is 76.6 Å². The molecule has 0 saturated heterocycles. The van der Waals surface area contributed by atoms with Crippen LogP contribution in [0.25, 0.3) is 16.7 Å². The molecule has 4 heteroatoms. The number of halogens is 2. The van der Waals surface area contributed by atoms with Crippen LogP contribution in [0.15, 0.2) is 106 Å². The first kappa shape index (κ1) is 22.7. The molecular formula is C28H22BrClOS. The zero-order chi connectivity index (χ0) is 22.5. The van der Waals surface area contributed by atoms with Gasteiger partial charge in [0, 0.05) is 20.1 Å². The van der Waals surface area contributed by atoms with Crippen LogP contribution in [0.1, 0.15) is 16.7 Å². The summed E-state index contributed by atoms with van der Waals surface area (Å²) in [5.74, 6) is 1.16. The molecule has 4 aromatic carbocycles. The number of hydrogen-bond donors (Lipinski definition) is 1. The lowest BCUT2D eigenvalue weighted by Gasteiger charge is -2.11. The smallest absolute Gasteiger partial charge is 0.118 e. The van der Waals surface area contributed by atoms with Gasteiger partial charge in [-0.1, -0.05) is 82.1 Å². The van der Waals surface area contributed by atoms with Crippen LogP contribution >= 0.6 is 39.3 Å². The van der Waals surface area contributed by atoms with E-state index in [9.17, 15) is 5.11 Å². The molecule has 160 valence electrons. The predicted molar refractivity (Wildman–Crippen MR) is 142 cm³/mol. The average Bonchev–Trinajstić information content (AvgIpc) is 2.80. The first-order valence-electron chi connectivity index (χ1n) is 10.2. The van der Waals surface area contributed by atoms with Gasteiger partial charge in [-0.25, -0.2) is 0 Å². The fourth-order valence-electron chi connectivity index (χ4n) is 3.48. The van der Waals surface area contributed by atoms with Gasteiger partial charge in [-0.2, -0.15) is 0 Å². The Morgan fingerprint density at radius 2 is 1.56 bits per heavy atom. The Bertz CT molecular complexity index is 1250. The highest BCUT2D eigenvalue weighted by molar-refractivity contribution is 9.10. The zero-order valence-corrected chi connectivity index (χ0v) is 20.7. The van der Waals surface area contributed by atoms with Crippen LogP contribution in [0.4, 0.5) is 0 Å². The van der Waals surface area contributed by atoms with Crippen molar-refractivity contribution in [2.75, 3.05) is 5.75 Å². The van der Waals surface area contributed by atoms with Crippen LogP contribution in [-0.2, 0) is 0 Å². The second-order valence-corrected chi connectivity index (χ2v) is 9.92. The summed E-state index contributed by atoms with van der Waals surface area (Å²) in [6, 6.07) is 30.7. The highest BCUT2D eigenvalue weighted by Crippen LogP contribution is 2.30. The molecule has 0 aliphatic rings. The quantitative estimate of drug-likeness (QED) is 0.255. The maximum atomic E-state index is 9.76. The van der Waals surface area contributed by atoms with Gasteiger partial charge in [0.1, 0.15) is 5.75 Å². The van der Waals surface area contributed by atoms with Gasteiger partial charge in [0.25, 0.3) is 0 Å². The molecule has 0 fully saturated rings.